The fraction of sp³-hybridized carbons (Fsp3) is 0.500. The summed E-state index contributed by atoms with van der Waals surface area (Å²) in [6.07, 6.45) is 0. The molecule has 0 unspecified atom stereocenters. The molecular weight excluding hydrogens is 289 g/mol. The second-order valence-electron chi connectivity index (χ2n) is 4.25. The Morgan fingerprint density at radius 1 is 1.31 bits per heavy atom. The maximum absolute atomic E-state index is 5.80. The van der Waals surface area contributed by atoms with Gasteiger partial charge in [0, 0.05) is 22.4 Å². The average Bonchev–Trinajstić information content (AvgIpc) is 2.27. The third-order valence-corrected chi connectivity index (χ3v) is 3.32. The summed E-state index contributed by atoms with van der Waals surface area (Å²) < 4.78 is 6.63. The molecule has 0 atom stereocenters. The fourth-order valence-electron chi connectivity index (χ4n) is 1.14. The van der Waals surface area contributed by atoms with Gasteiger partial charge in [0.1, 0.15) is 12.4 Å². The SMILES string of the molecule is CC(C)(CCl)NCCOc1ccc(Br)cc1. The lowest BCUT2D eigenvalue weighted by Gasteiger charge is -2.23. The minimum Gasteiger partial charge on any atom is -0.492 e. The summed E-state index contributed by atoms with van der Waals surface area (Å²) in [5.41, 5.74) is -0.0371. The molecule has 0 bridgehead atoms. The highest BCUT2D eigenvalue weighted by atomic mass is 79.9. The van der Waals surface area contributed by atoms with E-state index in [0.717, 1.165) is 16.8 Å². The smallest absolute Gasteiger partial charge is 0.119 e. The Balaban J connectivity index is 2.23. The molecule has 0 spiro atoms. The van der Waals surface area contributed by atoms with Crippen molar-refractivity contribution in [2.45, 2.75) is 19.4 Å². The highest BCUT2D eigenvalue weighted by Crippen LogP contribution is 2.15. The minimum absolute atomic E-state index is 0.0371. The lowest BCUT2D eigenvalue weighted by molar-refractivity contribution is 0.292. The number of nitrogens with one attached hydrogen (secondary N) is 1. The maximum atomic E-state index is 5.80. The van der Waals surface area contributed by atoms with Gasteiger partial charge in [-0.25, -0.2) is 0 Å². The number of halogens is 2. The van der Waals surface area contributed by atoms with Gasteiger partial charge in [0.2, 0.25) is 0 Å². The normalized spacial score (nSPS) is 11.5. The van der Waals surface area contributed by atoms with Crippen LogP contribution in [0.2, 0.25) is 0 Å². The predicted octanol–water partition coefficient (Wildman–Crippen LogP) is 3.43. The van der Waals surface area contributed by atoms with E-state index in [9.17, 15) is 0 Å². The van der Waals surface area contributed by atoms with Gasteiger partial charge in [0.15, 0.2) is 0 Å². The zero-order valence-electron chi connectivity index (χ0n) is 9.59. The summed E-state index contributed by atoms with van der Waals surface area (Å²) in [6.45, 7) is 5.57. The average molecular weight is 307 g/mol. The summed E-state index contributed by atoms with van der Waals surface area (Å²) in [7, 11) is 0. The van der Waals surface area contributed by atoms with Crippen molar-refractivity contribution in [3.8, 4) is 5.75 Å². The zero-order chi connectivity index (χ0) is 12.0. The molecule has 4 heteroatoms. The Hall–Kier alpha value is -0.250. The second kappa shape index (κ2) is 6.48. The van der Waals surface area contributed by atoms with Crippen LogP contribution in [-0.4, -0.2) is 24.6 Å². The molecule has 0 saturated heterocycles. The van der Waals surface area contributed by atoms with Crippen molar-refractivity contribution < 1.29 is 4.74 Å². The molecule has 0 fully saturated rings. The number of hydrogen-bond donors (Lipinski definition) is 1. The van der Waals surface area contributed by atoms with Gasteiger partial charge in [-0.15, -0.1) is 11.6 Å². The summed E-state index contributed by atoms with van der Waals surface area (Å²) in [5, 5.41) is 3.32. The highest BCUT2D eigenvalue weighted by Gasteiger charge is 2.14. The Bertz CT molecular complexity index is 313. The quantitative estimate of drug-likeness (QED) is 0.642. The Morgan fingerprint density at radius 3 is 2.50 bits per heavy atom. The van der Waals surface area contributed by atoms with Gasteiger partial charge < -0.3 is 10.1 Å². The van der Waals surface area contributed by atoms with Gasteiger partial charge in [-0.05, 0) is 38.1 Å². The van der Waals surface area contributed by atoms with Crippen molar-refractivity contribution in [1.29, 1.82) is 0 Å². The van der Waals surface area contributed by atoms with Crippen molar-refractivity contribution in [2.75, 3.05) is 19.0 Å². The molecule has 1 aromatic carbocycles. The largest absolute Gasteiger partial charge is 0.492 e. The standard InChI is InChI=1S/C12H17BrClNO/c1-12(2,9-14)15-7-8-16-11-5-3-10(13)4-6-11/h3-6,15H,7-9H2,1-2H3. The molecule has 0 saturated carbocycles. The first-order valence-corrected chi connectivity index (χ1v) is 6.56. The topological polar surface area (TPSA) is 21.3 Å². The molecule has 0 amide bonds. The monoisotopic (exact) mass is 305 g/mol. The Morgan fingerprint density at radius 2 is 1.94 bits per heavy atom. The lowest BCUT2D eigenvalue weighted by Crippen LogP contribution is -2.43. The molecule has 1 aromatic rings. The van der Waals surface area contributed by atoms with Crippen LogP contribution in [0.1, 0.15) is 13.8 Å². The van der Waals surface area contributed by atoms with Crippen molar-refractivity contribution in [3.05, 3.63) is 28.7 Å². The van der Waals surface area contributed by atoms with Crippen LogP contribution in [0, 0.1) is 0 Å². The van der Waals surface area contributed by atoms with Crippen molar-refractivity contribution in [3.63, 3.8) is 0 Å². The maximum Gasteiger partial charge on any atom is 0.119 e. The van der Waals surface area contributed by atoms with Crippen LogP contribution < -0.4 is 10.1 Å². The van der Waals surface area contributed by atoms with E-state index in [1.54, 1.807) is 0 Å². The Labute approximate surface area is 110 Å². The van der Waals surface area contributed by atoms with Gasteiger partial charge in [-0.3, -0.25) is 0 Å². The Kier molecular flexibility index (Phi) is 5.59. The molecule has 0 radical (unpaired) electrons. The number of ether oxygens (including phenoxy) is 1. The molecule has 0 aliphatic rings. The molecule has 1 rings (SSSR count). The highest BCUT2D eigenvalue weighted by molar-refractivity contribution is 9.10. The van der Waals surface area contributed by atoms with Crippen molar-refractivity contribution in [2.24, 2.45) is 0 Å². The molecule has 1 N–H and O–H groups in total. The van der Waals surface area contributed by atoms with Gasteiger partial charge in [0.05, 0.1) is 0 Å². The van der Waals surface area contributed by atoms with Crippen LogP contribution in [0.5, 0.6) is 5.75 Å². The second-order valence-corrected chi connectivity index (χ2v) is 5.43. The van der Waals surface area contributed by atoms with Crippen LogP contribution in [0.25, 0.3) is 0 Å². The van der Waals surface area contributed by atoms with Crippen LogP contribution in [0.15, 0.2) is 28.7 Å². The predicted molar refractivity (Wildman–Crippen MR) is 72.4 cm³/mol. The molecule has 90 valence electrons. The minimum atomic E-state index is -0.0371. The van der Waals surface area contributed by atoms with Gasteiger partial charge >= 0.3 is 0 Å². The lowest BCUT2D eigenvalue weighted by atomic mass is 10.1. The molecule has 2 nitrogen and oxygen atoms in total. The van der Waals surface area contributed by atoms with Crippen molar-refractivity contribution >= 4 is 27.5 Å². The molecular formula is C12H17BrClNO. The third-order valence-electron chi connectivity index (χ3n) is 2.12. The fourth-order valence-corrected chi connectivity index (χ4v) is 1.50. The summed E-state index contributed by atoms with van der Waals surface area (Å²) in [4.78, 5) is 0. The number of benzene rings is 1. The van der Waals surface area contributed by atoms with Crippen molar-refractivity contribution in [1.82, 2.24) is 5.32 Å². The number of rotatable bonds is 6. The number of hydrogen-bond acceptors (Lipinski definition) is 2. The summed E-state index contributed by atoms with van der Waals surface area (Å²) in [5.74, 6) is 1.47. The number of alkyl halides is 1. The third kappa shape index (κ3) is 5.19. The van der Waals surface area contributed by atoms with Gasteiger partial charge in [-0.1, -0.05) is 15.9 Å². The van der Waals surface area contributed by atoms with Crippen LogP contribution in [0.4, 0.5) is 0 Å². The molecule has 16 heavy (non-hydrogen) atoms. The van der Waals surface area contributed by atoms with Gasteiger partial charge in [0.25, 0.3) is 0 Å². The molecule has 0 aliphatic carbocycles. The van der Waals surface area contributed by atoms with Gasteiger partial charge in [-0.2, -0.15) is 0 Å². The van der Waals surface area contributed by atoms with E-state index in [1.165, 1.54) is 0 Å². The first-order valence-electron chi connectivity index (χ1n) is 5.23. The van der Waals surface area contributed by atoms with E-state index in [4.69, 9.17) is 16.3 Å². The first kappa shape index (κ1) is 13.8. The molecule has 0 aromatic heterocycles. The van der Waals surface area contributed by atoms with Crippen LogP contribution in [-0.2, 0) is 0 Å². The van der Waals surface area contributed by atoms with E-state index >= 15 is 0 Å². The summed E-state index contributed by atoms with van der Waals surface area (Å²) >= 11 is 9.18. The molecule has 0 aliphatic heterocycles. The summed E-state index contributed by atoms with van der Waals surface area (Å²) in [6, 6.07) is 7.81. The van der Waals surface area contributed by atoms with Crippen LogP contribution in [0.3, 0.4) is 0 Å². The van der Waals surface area contributed by atoms with Crippen LogP contribution >= 0.6 is 27.5 Å². The first-order chi connectivity index (χ1) is 7.53. The van der Waals surface area contributed by atoms with E-state index in [-0.39, 0.29) is 5.54 Å². The van der Waals surface area contributed by atoms with E-state index in [1.807, 2.05) is 24.3 Å². The molecule has 0 heterocycles. The zero-order valence-corrected chi connectivity index (χ0v) is 11.9. The van der Waals surface area contributed by atoms with E-state index in [2.05, 4.69) is 35.1 Å². The van der Waals surface area contributed by atoms with E-state index < -0.39 is 0 Å². The van der Waals surface area contributed by atoms with E-state index in [0.29, 0.717) is 12.5 Å².